The fraction of sp³-hybridized carbons (Fsp3) is 0.267. The lowest BCUT2D eigenvalue weighted by molar-refractivity contribution is -0.116. The van der Waals surface area contributed by atoms with E-state index in [9.17, 15) is 4.79 Å². The van der Waals surface area contributed by atoms with Gasteiger partial charge in [0.25, 0.3) is 5.91 Å². The van der Waals surface area contributed by atoms with Crippen LogP contribution < -0.4 is 5.32 Å². The highest BCUT2D eigenvalue weighted by Crippen LogP contribution is 2.34. The quantitative estimate of drug-likeness (QED) is 0.281. The third-order valence-corrected chi connectivity index (χ3v) is 8.25. The molecule has 2 aliphatic rings. The molecule has 6 rings (SSSR count). The van der Waals surface area contributed by atoms with E-state index < -0.39 is 0 Å². The number of carbonyl (C=O) groups excluding carboxylic acids is 1. The van der Waals surface area contributed by atoms with Crippen LogP contribution >= 0.6 is 36.6 Å². The molecule has 2 aromatic carbocycles. The fourth-order valence-corrected chi connectivity index (χ4v) is 6.19. The van der Waals surface area contributed by atoms with Crippen LogP contribution in [0.3, 0.4) is 0 Å². The molecule has 38 heavy (non-hydrogen) atoms. The summed E-state index contributed by atoms with van der Waals surface area (Å²) in [6, 6.07) is 25.5. The van der Waals surface area contributed by atoms with Crippen molar-refractivity contribution < 1.29 is 4.79 Å². The lowest BCUT2D eigenvalue weighted by atomic mass is 9.90. The van der Waals surface area contributed by atoms with Gasteiger partial charge in [-0.25, -0.2) is 4.98 Å². The van der Waals surface area contributed by atoms with E-state index in [0.717, 1.165) is 47.5 Å². The van der Waals surface area contributed by atoms with Crippen LogP contribution in [-0.4, -0.2) is 33.3 Å². The van der Waals surface area contributed by atoms with E-state index in [0.29, 0.717) is 11.4 Å². The third-order valence-electron chi connectivity index (χ3n) is 7.19. The minimum Gasteiger partial charge on any atom is -0.348 e. The first kappa shape index (κ1) is 28.2. The minimum absolute atomic E-state index is 0. The standard InChI is InChI=1S/C30H30N4OS.2ClH/c35-30(27-18-26-20-31-28-7-4-8-29(36-27)34(26)28)32-19-24-9-11-25(12-10-24)21-33-15-13-23(14-16-33)17-22-5-2-1-3-6-22;;/h1-12,18,20,23H,13-17,19,21H2,(H,32,35);2*1H. The number of hydrogen-bond donors (Lipinski definition) is 1. The summed E-state index contributed by atoms with van der Waals surface area (Å²) in [5, 5.41) is 4.10. The number of hydrogen-bond acceptors (Lipinski definition) is 4. The zero-order chi connectivity index (χ0) is 24.3. The Bertz CT molecular complexity index is 1400. The van der Waals surface area contributed by atoms with Crippen molar-refractivity contribution in [2.75, 3.05) is 13.1 Å². The van der Waals surface area contributed by atoms with Crippen molar-refractivity contribution in [2.45, 2.75) is 37.4 Å². The first-order valence-electron chi connectivity index (χ1n) is 12.7. The molecular formula is C30H32Cl2N4OS. The summed E-state index contributed by atoms with van der Waals surface area (Å²) in [6.45, 7) is 3.84. The summed E-state index contributed by atoms with van der Waals surface area (Å²) in [5.74, 6) is 0.743. The molecule has 0 spiro atoms. The molecule has 198 valence electrons. The first-order valence-corrected chi connectivity index (χ1v) is 13.5. The first-order chi connectivity index (χ1) is 17.7. The molecule has 1 amide bonds. The van der Waals surface area contributed by atoms with Crippen LogP contribution in [0, 0.1) is 5.92 Å². The molecule has 0 saturated carbocycles. The number of halogens is 2. The summed E-state index contributed by atoms with van der Waals surface area (Å²) < 4.78 is 2.08. The van der Waals surface area contributed by atoms with E-state index >= 15 is 0 Å². The highest BCUT2D eigenvalue weighted by atomic mass is 35.5. The van der Waals surface area contributed by atoms with Gasteiger partial charge in [-0.1, -0.05) is 72.4 Å². The molecule has 0 aliphatic carbocycles. The number of piperidine rings is 1. The van der Waals surface area contributed by atoms with E-state index in [2.05, 4.69) is 74.2 Å². The Morgan fingerprint density at radius 1 is 0.895 bits per heavy atom. The maximum Gasteiger partial charge on any atom is 0.258 e. The van der Waals surface area contributed by atoms with Crippen LogP contribution in [0.25, 0.3) is 11.7 Å². The van der Waals surface area contributed by atoms with E-state index in [-0.39, 0.29) is 30.7 Å². The van der Waals surface area contributed by atoms with Gasteiger partial charge in [0.05, 0.1) is 21.8 Å². The largest absolute Gasteiger partial charge is 0.348 e. The topological polar surface area (TPSA) is 49.6 Å². The van der Waals surface area contributed by atoms with Crippen molar-refractivity contribution in [3.05, 3.63) is 106 Å². The molecule has 1 saturated heterocycles. The minimum atomic E-state index is -0.0492. The van der Waals surface area contributed by atoms with Crippen LogP contribution in [0.15, 0.2) is 88.9 Å². The van der Waals surface area contributed by atoms with Crippen molar-refractivity contribution in [2.24, 2.45) is 5.92 Å². The van der Waals surface area contributed by atoms with Gasteiger partial charge in [-0.15, -0.1) is 24.8 Å². The summed E-state index contributed by atoms with van der Waals surface area (Å²) >= 11 is 1.49. The molecule has 2 aliphatic heterocycles. The van der Waals surface area contributed by atoms with E-state index in [1.165, 1.54) is 42.2 Å². The summed E-state index contributed by atoms with van der Waals surface area (Å²) in [6.07, 6.45) is 7.46. The summed E-state index contributed by atoms with van der Waals surface area (Å²) in [5.41, 5.74) is 5.75. The molecule has 2 aromatic heterocycles. The van der Waals surface area contributed by atoms with Crippen molar-refractivity contribution >= 4 is 54.2 Å². The third kappa shape index (κ3) is 6.44. The fourth-order valence-electron chi connectivity index (χ4n) is 5.18. The van der Waals surface area contributed by atoms with Crippen LogP contribution in [-0.2, 0) is 24.3 Å². The number of imidazole rings is 1. The normalized spacial score (nSPS) is 15.3. The average Bonchev–Trinajstić information content (AvgIpc) is 3.34. The highest BCUT2D eigenvalue weighted by molar-refractivity contribution is 8.04. The molecule has 4 heterocycles. The van der Waals surface area contributed by atoms with E-state index in [1.54, 1.807) is 0 Å². The number of thioether (sulfide) groups is 1. The van der Waals surface area contributed by atoms with Gasteiger partial charge in [-0.3, -0.25) is 14.1 Å². The van der Waals surface area contributed by atoms with Crippen molar-refractivity contribution in [3.8, 4) is 0 Å². The van der Waals surface area contributed by atoms with Gasteiger partial charge in [-0.05, 0) is 73.2 Å². The SMILES string of the molecule is Cl.Cl.O=C(NCc1ccc(CN2CCC(Cc3ccccc3)CC2)cc1)C1=Cc2cnc3cccc(n23)S1. The van der Waals surface area contributed by atoms with E-state index in [4.69, 9.17) is 0 Å². The predicted molar refractivity (Wildman–Crippen MR) is 160 cm³/mol. The molecule has 0 atom stereocenters. The number of rotatable bonds is 7. The van der Waals surface area contributed by atoms with Gasteiger partial charge in [0.1, 0.15) is 5.65 Å². The zero-order valence-corrected chi connectivity index (χ0v) is 23.5. The van der Waals surface area contributed by atoms with Crippen LogP contribution in [0.4, 0.5) is 0 Å². The molecule has 1 N–H and O–H groups in total. The van der Waals surface area contributed by atoms with Crippen LogP contribution in [0.2, 0.25) is 0 Å². The number of aromatic nitrogens is 2. The Labute approximate surface area is 240 Å². The summed E-state index contributed by atoms with van der Waals surface area (Å²) in [7, 11) is 0. The van der Waals surface area contributed by atoms with Crippen molar-refractivity contribution in [3.63, 3.8) is 0 Å². The number of nitrogens with zero attached hydrogens (tertiary/aromatic N) is 3. The molecule has 1 fully saturated rings. The molecule has 8 heteroatoms. The van der Waals surface area contributed by atoms with Crippen LogP contribution in [0.1, 0.15) is 35.2 Å². The Kier molecular flexibility index (Phi) is 9.55. The van der Waals surface area contributed by atoms with Gasteiger partial charge < -0.3 is 5.32 Å². The second-order valence-electron chi connectivity index (χ2n) is 9.76. The molecule has 5 nitrogen and oxygen atoms in total. The van der Waals surface area contributed by atoms with E-state index in [1.807, 2.05) is 30.5 Å². The van der Waals surface area contributed by atoms with Crippen molar-refractivity contribution in [1.29, 1.82) is 0 Å². The molecular weight excluding hydrogens is 535 g/mol. The lowest BCUT2D eigenvalue weighted by Gasteiger charge is -2.32. The lowest BCUT2D eigenvalue weighted by Crippen LogP contribution is -2.33. The number of likely N-dealkylation sites (tertiary alicyclic amines) is 1. The number of amides is 1. The maximum atomic E-state index is 12.9. The Hall–Kier alpha value is -2.77. The number of pyridine rings is 1. The van der Waals surface area contributed by atoms with Gasteiger partial charge in [0, 0.05) is 13.1 Å². The van der Waals surface area contributed by atoms with Gasteiger partial charge in [-0.2, -0.15) is 0 Å². The van der Waals surface area contributed by atoms with Crippen molar-refractivity contribution in [1.82, 2.24) is 19.6 Å². The van der Waals surface area contributed by atoms with Gasteiger partial charge in [0.2, 0.25) is 0 Å². The number of carbonyl (C=O) groups is 1. The monoisotopic (exact) mass is 566 g/mol. The predicted octanol–water partition coefficient (Wildman–Crippen LogP) is 6.40. The number of benzene rings is 2. The Morgan fingerprint density at radius 3 is 2.39 bits per heavy atom. The van der Waals surface area contributed by atoms with Crippen LogP contribution in [0.5, 0.6) is 0 Å². The highest BCUT2D eigenvalue weighted by Gasteiger charge is 2.21. The Morgan fingerprint density at radius 2 is 1.63 bits per heavy atom. The van der Waals surface area contributed by atoms with Gasteiger partial charge in [0.15, 0.2) is 0 Å². The second-order valence-corrected chi connectivity index (χ2v) is 10.8. The molecule has 4 aromatic rings. The Balaban J connectivity index is 0.00000168. The second kappa shape index (κ2) is 12.9. The molecule has 0 bridgehead atoms. The molecule has 0 unspecified atom stereocenters. The summed E-state index contributed by atoms with van der Waals surface area (Å²) in [4.78, 5) is 20.5. The average molecular weight is 568 g/mol. The zero-order valence-electron chi connectivity index (χ0n) is 21.1. The maximum absolute atomic E-state index is 12.9. The van der Waals surface area contributed by atoms with Gasteiger partial charge >= 0.3 is 0 Å². The molecule has 0 radical (unpaired) electrons. The smallest absolute Gasteiger partial charge is 0.258 e. The number of nitrogens with one attached hydrogen (secondary N) is 1.